The number of aromatic nitrogens is 2. The van der Waals surface area contributed by atoms with Gasteiger partial charge in [-0.2, -0.15) is 0 Å². The predicted molar refractivity (Wildman–Crippen MR) is 57.2 cm³/mol. The largest absolute Gasteiger partial charge is 0.476 e. The summed E-state index contributed by atoms with van der Waals surface area (Å²) in [5.41, 5.74) is 1.75. The Balaban J connectivity index is 3.47. The number of hydrogen-bond donors (Lipinski definition) is 1. The maximum Gasteiger partial charge on any atom is 0.354 e. The van der Waals surface area contributed by atoms with Crippen molar-refractivity contribution in [3.63, 3.8) is 0 Å². The molecule has 1 aromatic heterocycles. The third kappa shape index (κ3) is 2.32. The smallest absolute Gasteiger partial charge is 0.354 e. The van der Waals surface area contributed by atoms with E-state index < -0.39 is 5.97 Å². The predicted octanol–water partition coefficient (Wildman–Crippen LogP) is 2.17. The monoisotopic (exact) mass is 208 g/mol. The Morgan fingerprint density at radius 3 is 2.40 bits per heavy atom. The lowest BCUT2D eigenvalue weighted by Crippen LogP contribution is -2.13. The van der Waals surface area contributed by atoms with E-state index >= 15 is 0 Å². The van der Waals surface area contributed by atoms with Gasteiger partial charge in [0.2, 0.25) is 0 Å². The van der Waals surface area contributed by atoms with Gasteiger partial charge in [0.1, 0.15) is 5.82 Å². The first-order valence-electron chi connectivity index (χ1n) is 5.08. The van der Waals surface area contributed by atoms with Gasteiger partial charge in [0.25, 0.3) is 0 Å². The average Bonchev–Trinajstić information content (AvgIpc) is 2.15. The van der Waals surface area contributed by atoms with Crippen molar-refractivity contribution in [3.8, 4) is 0 Å². The van der Waals surface area contributed by atoms with Crippen LogP contribution in [-0.2, 0) is 6.42 Å². The summed E-state index contributed by atoms with van der Waals surface area (Å²) < 4.78 is 0. The van der Waals surface area contributed by atoms with Crippen LogP contribution < -0.4 is 0 Å². The fraction of sp³-hybridized carbons (Fsp3) is 0.545. The van der Waals surface area contributed by atoms with E-state index in [2.05, 4.69) is 9.97 Å². The van der Waals surface area contributed by atoms with Gasteiger partial charge in [-0.3, -0.25) is 0 Å². The van der Waals surface area contributed by atoms with Crippen LogP contribution in [0.5, 0.6) is 0 Å². The molecule has 0 aliphatic rings. The molecule has 0 bridgehead atoms. The van der Waals surface area contributed by atoms with Crippen LogP contribution in [0.1, 0.15) is 54.3 Å². The highest BCUT2D eigenvalue weighted by Crippen LogP contribution is 2.22. The number of aromatic carboxylic acids is 1. The molecule has 1 N–H and O–H groups in total. The molecule has 0 atom stereocenters. The molecule has 0 saturated carbocycles. The van der Waals surface area contributed by atoms with Gasteiger partial charge < -0.3 is 5.11 Å². The molecule has 4 nitrogen and oxygen atoms in total. The first kappa shape index (κ1) is 11.6. The molecule has 82 valence electrons. The molecule has 0 aliphatic carbocycles. The minimum atomic E-state index is -0.973. The molecule has 0 saturated heterocycles. The van der Waals surface area contributed by atoms with Gasteiger partial charge in [-0.05, 0) is 19.3 Å². The number of aryl methyl sites for hydroxylation is 2. The molecule has 0 unspecified atom stereocenters. The van der Waals surface area contributed by atoms with Gasteiger partial charge in [0, 0.05) is 11.3 Å². The van der Waals surface area contributed by atoms with Crippen LogP contribution in [-0.4, -0.2) is 21.0 Å². The van der Waals surface area contributed by atoms with Crippen LogP contribution >= 0.6 is 0 Å². The van der Waals surface area contributed by atoms with Crippen LogP contribution in [0.25, 0.3) is 0 Å². The Labute approximate surface area is 89.4 Å². The zero-order valence-corrected chi connectivity index (χ0v) is 9.53. The van der Waals surface area contributed by atoms with Crippen molar-refractivity contribution >= 4 is 5.97 Å². The minimum Gasteiger partial charge on any atom is -0.476 e. The van der Waals surface area contributed by atoms with Crippen molar-refractivity contribution in [2.24, 2.45) is 0 Å². The first-order valence-corrected chi connectivity index (χ1v) is 5.08. The molecule has 0 aromatic carbocycles. The molecular weight excluding hydrogens is 192 g/mol. The van der Waals surface area contributed by atoms with E-state index in [0.29, 0.717) is 5.82 Å². The van der Waals surface area contributed by atoms with Gasteiger partial charge in [-0.25, -0.2) is 14.8 Å². The zero-order chi connectivity index (χ0) is 11.6. The van der Waals surface area contributed by atoms with E-state index in [1.165, 1.54) is 0 Å². The minimum absolute atomic E-state index is 0.131. The van der Waals surface area contributed by atoms with E-state index in [0.717, 1.165) is 17.7 Å². The number of hydrogen-bond acceptors (Lipinski definition) is 3. The maximum absolute atomic E-state index is 11.1. The fourth-order valence-corrected chi connectivity index (χ4v) is 1.68. The standard InChI is InChI=1S/C11H16N2O2/c1-5-8-9(6(2)3)10(11(14)15)13-7(4)12-8/h6H,5H2,1-4H3,(H,14,15). The van der Waals surface area contributed by atoms with Gasteiger partial charge >= 0.3 is 5.97 Å². The summed E-state index contributed by atoms with van der Waals surface area (Å²) in [6.07, 6.45) is 0.733. The Kier molecular flexibility index (Phi) is 3.39. The molecular formula is C11H16N2O2. The molecule has 0 radical (unpaired) electrons. The SMILES string of the molecule is CCc1nc(C)nc(C(=O)O)c1C(C)C. The molecule has 0 aliphatic heterocycles. The summed E-state index contributed by atoms with van der Waals surface area (Å²) >= 11 is 0. The van der Waals surface area contributed by atoms with Gasteiger partial charge in [0.15, 0.2) is 5.69 Å². The third-order valence-electron chi connectivity index (χ3n) is 2.25. The second-order valence-corrected chi connectivity index (χ2v) is 3.79. The van der Waals surface area contributed by atoms with Crippen molar-refractivity contribution in [1.29, 1.82) is 0 Å². The molecule has 15 heavy (non-hydrogen) atoms. The van der Waals surface area contributed by atoms with Crippen LogP contribution in [0.2, 0.25) is 0 Å². The Bertz CT molecular complexity index is 386. The lowest BCUT2D eigenvalue weighted by molar-refractivity contribution is 0.0688. The summed E-state index contributed by atoms with van der Waals surface area (Å²) in [5.74, 6) is -0.320. The summed E-state index contributed by atoms with van der Waals surface area (Å²) in [4.78, 5) is 19.3. The van der Waals surface area contributed by atoms with Gasteiger partial charge in [-0.15, -0.1) is 0 Å². The molecule has 0 fully saturated rings. The van der Waals surface area contributed by atoms with Crippen LogP contribution in [0.4, 0.5) is 0 Å². The highest BCUT2D eigenvalue weighted by molar-refractivity contribution is 5.87. The van der Waals surface area contributed by atoms with E-state index in [4.69, 9.17) is 5.11 Å². The topological polar surface area (TPSA) is 63.1 Å². The second-order valence-electron chi connectivity index (χ2n) is 3.79. The lowest BCUT2D eigenvalue weighted by atomic mass is 9.97. The molecule has 4 heteroatoms. The van der Waals surface area contributed by atoms with E-state index in [9.17, 15) is 4.79 Å². The lowest BCUT2D eigenvalue weighted by Gasteiger charge is -2.13. The summed E-state index contributed by atoms with van der Waals surface area (Å²) in [7, 11) is 0. The highest BCUT2D eigenvalue weighted by Gasteiger charge is 2.19. The van der Waals surface area contributed by atoms with Crippen molar-refractivity contribution in [2.45, 2.75) is 40.0 Å². The molecule has 0 spiro atoms. The van der Waals surface area contributed by atoms with Crippen LogP contribution in [0, 0.1) is 6.92 Å². The van der Waals surface area contributed by atoms with Gasteiger partial charge in [0.05, 0.1) is 0 Å². The third-order valence-corrected chi connectivity index (χ3v) is 2.25. The maximum atomic E-state index is 11.1. The average molecular weight is 208 g/mol. The second kappa shape index (κ2) is 4.38. The van der Waals surface area contributed by atoms with Crippen molar-refractivity contribution in [3.05, 3.63) is 22.8 Å². The van der Waals surface area contributed by atoms with Crippen molar-refractivity contribution < 1.29 is 9.90 Å². The normalized spacial score (nSPS) is 10.7. The summed E-state index contributed by atoms with van der Waals surface area (Å²) in [6.45, 7) is 7.61. The highest BCUT2D eigenvalue weighted by atomic mass is 16.4. The van der Waals surface area contributed by atoms with E-state index in [1.54, 1.807) is 6.92 Å². The molecule has 1 aromatic rings. The van der Waals surface area contributed by atoms with E-state index in [-0.39, 0.29) is 11.6 Å². The van der Waals surface area contributed by atoms with Gasteiger partial charge in [-0.1, -0.05) is 20.8 Å². The number of rotatable bonds is 3. The van der Waals surface area contributed by atoms with Crippen LogP contribution in [0.15, 0.2) is 0 Å². The molecule has 1 rings (SSSR count). The van der Waals surface area contributed by atoms with Crippen molar-refractivity contribution in [2.75, 3.05) is 0 Å². The van der Waals surface area contributed by atoms with Crippen molar-refractivity contribution in [1.82, 2.24) is 9.97 Å². The number of carboxylic acid groups (broad SMARTS) is 1. The fourth-order valence-electron chi connectivity index (χ4n) is 1.68. The molecule has 0 amide bonds. The first-order chi connectivity index (χ1) is 6.97. The Hall–Kier alpha value is -1.45. The Morgan fingerprint density at radius 1 is 1.40 bits per heavy atom. The molecule has 1 heterocycles. The summed E-state index contributed by atoms with van der Waals surface area (Å²) in [5, 5.41) is 9.07. The van der Waals surface area contributed by atoms with Crippen LogP contribution in [0.3, 0.4) is 0 Å². The number of carboxylic acids is 1. The van der Waals surface area contributed by atoms with E-state index in [1.807, 2.05) is 20.8 Å². The Morgan fingerprint density at radius 2 is 2.00 bits per heavy atom. The summed E-state index contributed by atoms with van der Waals surface area (Å²) in [6, 6.07) is 0. The zero-order valence-electron chi connectivity index (χ0n) is 9.53. The quantitative estimate of drug-likeness (QED) is 0.826. The number of nitrogens with zero attached hydrogens (tertiary/aromatic N) is 2. The number of carbonyl (C=O) groups is 1.